The Kier molecular flexibility index (Phi) is 26.8. The Hall–Kier alpha value is -1.50. The van der Waals surface area contributed by atoms with Crippen molar-refractivity contribution >= 4 is 11.9 Å². The lowest BCUT2D eigenvalue weighted by molar-refractivity contribution is -0.332. The first kappa shape index (κ1) is 49.6. The van der Waals surface area contributed by atoms with Gasteiger partial charge in [-0.25, -0.2) is 0 Å². The Bertz CT molecular complexity index is 986. The Morgan fingerprint density at radius 1 is 0.509 bits per heavy atom. The molecule has 2 aliphatic heterocycles. The van der Waals surface area contributed by atoms with Crippen molar-refractivity contribution in [2.24, 2.45) is 0 Å². The van der Waals surface area contributed by atoms with E-state index in [-0.39, 0.29) is 26.1 Å². The van der Waals surface area contributed by atoms with Crippen molar-refractivity contribution < 1.29 is 73.8 Å². The van der Waals surface area contributed by atoms with E-state index in [4.69, 9.17) is 28.4 Å². The number of aliphatic hydroxyl groups excluding tert-OH is 7. The van der Waals surface area contributed by atoms with Crippen LogP contribution in [0.25, 0.3) is 0 Å². The molecule has 0 bridgehead atoms. The topological polar surface area (TPSA) is 231 Å². The van der Waals surface area contributed by atoms with Crippen LogP contribution in [0.5, 0.6) is 0 Å². The normalized spacial score (nSPS) is 28.9. The maximum Gasteiger partial charge on any atom is 0.306 e. The van der Waals surface area contributed by atoms with Crippen LogP contribution in [-0.4, -0.2) is 142 Å². The van der Waals surface area contributed by atoms with E-state index in [9.17, 15) is 45.3 Å². The van der Waals surface area contributed by atoms with Gasteiger partial charge < -0.3 is 64.2 Å². The summed E-state index contributed by atoms with van der Waals surface area (Å²) in [5.74, 6) is -0.939. The quantitative estimate of drug-likeness (QED) is 0.0394. The van der Waals surface area contributed by atoms with Gasteiger partial charge in [-0.15, -0.1) is 0 Å². The fourth-order valence-electron chi connectivity index (χ4n) is 6.74. The van der Waals surface area contributed by atoms with Crippen LogP contribution in [-0.2, 0) is 38.0 Å². The second-order valence-electron chi connectivity index (χ2n) is 15.2. The van der Waals surface area contributed by atoms with Crippen LogP contribution < -0.4 is 0 Å². The van der Waals surface area contributed by atoms with Crippen LogP contribution in [0, 0.1) is 0 Å². The smallest absolute Gasteiger partial charge is 0.306 e. The van der Waals surface area contributed by atoms with Crippen molar-refractivity contribution in [1.82, 2.24) is 0 Å². The van der Waals surface area contributed by atoms with Gasteiger partial charge in [0.05, 0.1) is 19.8 Å². The molecular formula is C40H74O15. The average molecular weight is 795 g/mol. The highest BCUT2D eigenvalue weighted by atomic mass is 16.7. The molecule has 0 amide bonds. The standard InChI is InChI=1S/C40H74O15/c1-3-5-7-9-10-11-12-13-14-15-16-17-18-19-21-23-32(43)53-28(25-50-31(42)22-20-8-6-4-2)26-51-39-38(49)36(47)34(45)30(55-39)27-52-40-37(48)35(46)33(44)29(24-41)54-40/h28-30,33-41,44-49H,3-27H2,1-2H3/t28-,29-,30-,33+,34+,35+,36+,37-,38-,39-,40+/m1/s1. The lowest BCUT2D eigenvalue weighted by Gasteiger charge is -2.42. The second-order valence-corrected chi connectivity index (χ2v) is 15.2. The zero-order chi connectivity index (χ0) is 40.4. The summed E-state index contributed by atoms with van der Waals surface area (Å²) in [5.41, 5.74) is 0. The zero-order valence-corrected chi connectivity index (χ0v) is 33.4. The fourth-order valence-corrected chi connectivity index (χ4v) is 6.74. The minimum absolute atomic E-state index is 0.171. The first-order chi connectivity index (χ1) is 26.5. The lowest BCUT2D eigenvalue weighted by atomic mass is 9.98. The molecule has 0 unspecified atom stereocenters. The van der Waals surface area contributed by atoms with Gasteiger partial charge in [-0.3, -0.25) is 9.59 Å². The molecule has 11 atom stereocenters. The van der Waals surface area contributed by atoms with Crippen LogP contribution >= 0.6 is 0 Å². The SMILES string of the molecule is CCCCCCCCCCCCCCCCCC(=O)O[C@H](COC(=O)CCCCCC)CO[C@@H]1O[C@H](CO[C@H]2O[C@H](CO)[C@H](O)[C@H](O)[C@H]2O)[C@H](O)[C@H](O)[C@H]1O. The van der Waals surface area contributed by atoms with Gasteiger partial charge in [0.2, 0.25) is 0 Å². The summed E-state index contributed by atoms with van der Waals surface area (Å²) in [4.78, 5) is 25.2. The summed E-state index contributed by atoms with van der Waals surface area (Å²) in [6, 6.07) is 0. The van der Waals surface area contributed by atoms with Gasteiger partial charge in [-0.2, -0.15) is 0 Å². The summed E-state index contributed by atoms with van der Waals surface area (Å²) in [7, 11) is 0. The molecule has 15 heteroatoms. The summed E-state index contributed by atoms with van der Waals surface area (Å²) in [6.45, 7) is 2.44. The number of hydrogen-bond acceptors (Lipinski definition) is 15. The first-order valence-electron chi connectivity index (χ1n) is 21.1. The monoisotopic (exact) mass is 795 g/mol. The average Bonchev–Trinajstić information content (AvgIpc) is 3.18. The second kappa shape index (κ2) is 29.7. The molecule has 2 aliphatic rings. The summed E-state index contributed by atoms with van der Waals surface area (Å²) in [5, 5.41) is 71.5. The number of hydrogen-bond donors (Lipinski definition) is 7. The molecule has 2 fully saturated rings. The molecule has 324 valence electrons. The van der Waals surface area contributed by atoms with Crippen LogP contribution in [0.2, 0.25) is 0 Å². The van der Waals surface area contributed by atoms with Crippen molar-refractivity contribution in [1.29, 1.82) is 0 Å². The number of unbranched alkanes of at least 4 members (excludes halogenated alkanes) is 17. The molecule has 2 rings (SSSR count). The summed E-state index contributed by atoms with van der Waals surface area (Å²) >= 11 is 0. The molecule has 0 radical (unpaired) electrons. The molecule has 0 aliphatic carbocycles. The Morgan fingerprint density at radius 3 is 1.44 bits per heavy atom. The van der Waals surface area contributed by atoms with E-state index in [0.717, 1.165) is 38.5 Å². The van der Waals surface area contributed by atoms with Gasteiger partial charge in [0.1, 0.15) is 55.4 Å². The first-order valence-corrected chi connectivity index (χ1v) is 21.1. The van der Waals surface area contributed by atoms with Gasteiger partial charge in [0, 0.05) is 12.8 Å². The van der Waals surface area contributed by atoms with E-state index < -0.39 is 92.7 Å². The molecule has 7 N–H and O–H groups in total. The third kappa shape index (κ3) is 19.7. The van der Waals surface area contributed by atoms with E-state index in [1.807, 2.05) is 0 Å². The maximum absolute atomic E-state index is 12.8. The minimum Gasteiger partial charge on any atom is -0.462 e. The molecule has 0 aromatic heterocycles. The van der Waals surface area contributed by atoms with Crippen LogP contribution in [0.3, 0.4) is 0 Å². The summed E-state index contributed by atoms with van der Waals surface area (Å²) in [6.07, 6.45) is 5.15. The molecule has 2 heterocycles. The van der Waals surface area contributed by atoms with Crippen molar-refractivity contribution in [2.45, 2.75) is 216 Å². The zero-order valence-electron chi connectivity index (χ0n) is 33.4. The molecule has 0 saturated carbocycles. The third-order valence-corrected chi connectivity index (χ3v) is 10.3. The Labute approximate surface area is 328 Å². The number of ether oxygens (including phenoxy) is 6. The Balaban J connectivity index is 1.81. The van der Waals surface area contributed by atoms with E-state index in [0.29, 0.717) is 12.8 Å². The molecular weight excluding hydrogens is 720 g/mol. The van der Waals surface area contributed by atoms with Crippen LogP contribution in [0.15, 0.2) is 0 Å². The van der Waals surface area contributed by atoms with Gasteiger partial charge in [0.15, 0.2) is 18.7 Å². The van der Waals surface area contributed by atoms with Crippen LogP contribution in [0.1, 0.15) is 149 Å². The predicted molar refractivity (Wildman–Crippen MR) is 201 cm³/mol. The van der Waals surface area contributed by atoms with Crippen LogP contribution in [0.4, 0.5) is 0 Å². The number of esters is 2. The number of rotatable bonds is 31. The molecule has 0 spiro atoms. The van der Waals surface area contributed by atoms with E-state index in [2.05, 4.69) is 13.8 Å². The highest BCUT2D eigenvalue weighted by Gasteiger charge is 2.47. The molecule has 0 aromatic carbocycles. The van der Waals surface area contributed by atoms with Crippen molar-refractivity contribution in [3.63, 3.8) is 0 Å². The largest absolute Gasteiger partial charge is 0.462 e. The van der Waals surface area contributed by atoms with Gasteiger partial charge in [-0.05, 0) is 12.8 Å². The van der Waals surface area contributed by atoms with Gasteiger partial charge in [-0.1, -0.05) is 123 Å². The predicted octanol–water partition coefficient (Wildman–Crippen LogP) is 3.31. The molecule has 0 aromatic rings. The molecule has 2 saturated heterocycles. The highest BCUT2D eigenvalue weighted by molar-refractivity contribution is 5.70. The van der Waals surface area contributed by atoms with E-state index in [1.165, 1.54) is 70.6 Å². The van der Waals surface area contributed by atoms with Gasteiger partial charge >= 0.3 is 11.9 Å². The Morgan fingerprint density at radius 2 is 0.927 bits per heavy atom. The van der Waals surface area contributed by atoms with Crippen molar-refractivity contribution in [3.05, 3.63) is 0 Å². The third-order valence-electron chi connectivity index (χ3n) is 10.3. The maximum atomic E-state index is 12.8. The fraction of sp³-hybridized carbons (Fsp3) is 0.950. The molecule has 15 nitrogen and oxygen atoms in total. The minimum atomic E-state index is -1.76. The van der Waals surface area contributed by atoms with E-state index in [1.54, 1.807) is 0 Å². The van der Waals surface area contributed by atoms with E-state index >= 15 is 0 Å². The number of carbonyl (C=O) groups is 2. The van der Waals surface area contributed by atoms with Gasteiger partial charge in [0.25, 0.3) is 0 Å². The van der Waals surface area contributed by atoms with Crippen molar-refractivity contribution in [2.75, 3.05) is 26.4 Å². The highest BCUT2D eigenvalue weighted by Crippen LogP contribution is 2.26. The summed E-state index contributed by atoms with van der Waals surface area (Å²) < 4.78 is 33.2. The van der Waals surface area contributed by atoms with Crippen molar-refractivity contribution in [3.8, 4) is 0 Å². The molecule has 55 heavy (non-hydrogen) atoms. The lowest BCUT2D eigenvalue weighted by Crippen LogP contribution is -2.61. The number of carbonyl (C=O) groups excluding carboxylic acids is 2. The number of aliphatic hydroxyl groups is 7.